The molecule has 1 heteroatoms. The van der Waals surface area contributed by atoms with Crippen molar-refractivity contribution in [3.05, 3.63) is 40.4 Å². The molecular weight excluding hydrogens is 184 g/mol. The van der Waals surface area contributed by atoms with Crippen molar-refractivity contribution < 1.29 is 0 Å². The van der Waals surface area contributed by atoms with Crippen LogP contribution in [0.1, 0.15) is 11.1 Å². The first-order valence-electron chi connectivity index (χ1n) is 3.16. The highest BCUT2D eigenvalue weighted by Gasteiger charge is 1.83. The van der Waals surface area contributed by atoms with Gasteiger partial charge in [0.1, 0.15) is 0 Å². The molecule has 0 aliphatic rings. The van der Waals surface area contributed by atoms with Crippen molar-refractivity contribution in [3.8, 4) is 0 Å². The van der Waals surface area contributed by atoms with Gasteiger partial charge in [-0.05, 0) is 23.5 Å². The highest BCUT2D eigenvalue weighted by atomic mass is 75.9. The zero-order chi connectivity index (χ0) is 7.40. The molecule has 0 spiro atoms. The first-order chi connectivity index (χ1) is 4.83. The van der Waals surface area contributed by atoms with Crippen molar-refractivity contribution in [1.29, 1.82) is 0 Å². The van der Waals surface area contributed by atoms with Gasteiger partial charge in [0.15, 0.2) is 0 Å². The predicted octanol–water partition coefficient (Wildman–Crippen LogP) is 3.36. The largest absolute Gasteiger partial charge is 0.0595 e. The smallest absolute Gasteiger partial charge is 0.0183 e. The van der Waals surface area contributed by atoms with Gasteiger partial charge in [-0.2, -0.15) is 0 Å². The fraction of sp³-hybridized carbons (Fsp3) is 0.111. The van der Waals surface area contributed by atoms with Gasteiger partial charge in [-0.1, -0.05) is 45.8 Å². The van der Waals surface area contributed by atoms with E-state index >= 15 is 0 Å². The van der Waals surface area contributed by atoms with Crippen LogP contribution in [0.25, 0.3) is 6.08 Å². The number of halogens is 1. The topological polar surface area (TPSA) is 0 Å². The SMILES string of the molecule is Cc1ccc(/C=C/[76Br])cc1. The molecule has 0 radical (unpaired) electrons. The van der Waals surface area contributed by atoms with E-state index in [4.69, 9.17) is 0 Å². The first kappa shape index (κ1) is 7.55. The Labute approximate surface area is 69.7 Å². The molecular formula is C9H9Br. The molecule has 0 saturated carbocycles. The van der Waals surface area contributed by atoms with Crippen LogP contribution in [0.2, 0.25) is 0 Å². The van der Waals surface area contributed by atoms with Gasteiger partial charge in [0, 0.05) is 0 Å². The van der Waals surface area contributed by atoms with Crippen molar-refractivity contribution in [2.75, 3.05) is 0 Å². The molecule has 0 aliphatic heterocycles. The Morgan fingerprint density at radius 3 is 2.30 bits per heavy atom. The van der Waals surface area contributed by atoms with E-state index in [0.29, 0.717) is 0 Å². The van der Waals surface area contributed by atoms with Crippen molar-refractivity contribution in [1.82, 2.24) is 0 Å². The summed E-state index contributed by atoms with van der Waals surface area (Å²) in [6.07, 6.45) is 2.01. The zero-order valence-corrected chi connectivity index (χ0v) is 7.43. The number of hydrogen-bond acceptors (Lipinski definition) is 0. The van der Waals surface area contributed by atoms with E-state index in [9.17, 15) is 0 Å². The van der Waals surface area contributed by atoms with Crippen LogP contribution in [0, 0.1) is 6.92 Å². The van der Waals surface area contributed by atoms with Gasteiger partial charge in [-0.3, -0.25) is 0 Å². The van der Waals surface area contributed by atoms with E-state index in [2.05, 4.69) is 47.1 Å². The van der Waals surface area contributed by atoms with Crippen LogP contribution in [-0.4, -0.2) is 0 Å². The Morgan fingerprint density at radius 2 is 1.80 bits per heavy atom. The minimum absolute atomic E-state index is 1.22. The standard InChI is InChI=1S/C9H9Br/c1-8-2-4-9(5-3-8)6-7-10/h2-7H,1H3/b7-6+/i10-4. The quantitative estimate of drug-likeness (QED) is 0.641. The minimum Gasteiger partial charge on any atom is -0.0595 e. The molecule has 0 nitrogen and oxygen atoms in total. The third-order valence-electron chi connectivity index (χ3n) is 1.33. The molecule has 1 aromatic rings. The second-order valence-electron chi connectivity index (χ2n) is 2.20. The van der Waals surface area contributed by atoms with Crippen LogP contribution in [0.15, 0.2) is 29.3 Å². The van der Waals surface area contributed by atoms with E-state index in [1.165, 1.54) is 11.1 Å². The molecule has 52 valence electrons. The average molecular weight is 193 g/mol. The summed E-state index contributed by atoms with van der Waals surface area (Å²) >= 11 is 3.22. The highest BCUT2D eigenvalue weighted by molar-refractivity contribution is 9.11. The summed E-state index contributed by atoms with van der Waals surface area (Å²) in [5.41, 5.74) is 2.52. The van der Waals surface area contributed by atoms with Crippen molar-refractivity contribution in [2.24, 2.45) is 0 Å². The molecule has 10 heavy (non-hydrogen) atoms. The maximum absolute atomic E-state index is 3.22. The lowest BCUT2D eigenvalue weighted by molar-refractivity contribution is 1.46. The van der Waals surface area contributed by atoms with Gasteiger partial charge in [0.05, 0.1) is 0 Å². The van der Waals surface area contributed by atoms with Crippen LogP contribution in [0.5, 0.6) is 0 Å². The fourth-order valence-corrected chi connectivity index (χ4v) is 1.06. The van der Waals surface area contributed by atoms with E-state index in [-0.39, 0.29) is 0 Å². The fourth-order valence-electron chi connectivity index (χ4n) is 0.750. The molecule has 0 amide bonds. The molecule has 0 saturated heterocycles. The Balaban J connectivity index is 2.89. The zero-order valence-electron chi connectivity index (χ0n) is 5.84. The maximum Gasteiger partial charge on any atom is -0.0183 e. The molecule has 0 aromatic heterocycles. The summed E-state index contributed by atoms with van der Waals surface area (Å²) in [5.74, 6) is 0. The molecule has 0 unspecified atom stereocenters. The van der Waals surface area contributed by atoms with Gasteiger partial charge >= 0.3 is 0 Å². The molecule has 0 bridgehead atoms. The molecule has 0 N–H and O–H groups in total. The molecule has 0 aliphatic carbocycles. The van der Waals surface area contributed by atoms with E-state index in [1.807, 2.05) is 11.1 Å². The van der Waals surface area contributed by atoms with Crippen LogP contribution in [0.4, 0.5) is 0 Å². The Morgan fingerprint density at radius 1 is 1.20 bits per heavy atom. The van der Waals surface area contributed by atoms with Crippen LogP contribution in [0.3, 0.4) is 0 Å². The Kier molecular flexibility index (Phi) is 2.69. The van der Waals surface area contributed by atoms with E-state index in [1.54, 1.807) is 0 Å². The van der Waals surface area contributed by atoms with Crippen LogP contribution in [-0.2, 0) is 0 Å². The Hall–Kier alpha value is -0.560. The molecule has 1 aromatic carbocycles. The number of rotatable bonds is 1. The third kappa shape index (κ3) is 1.99. The predicted molar refractivity (Wildman–Crippen MR) is 49.1 cm³/mol. The second kappa shape index (κ2) is 3.57. The third-order valence-corrected chi connectivity index (χ3v) is 1.60. The van der Waals surface area contributed by atoms with Gasteiger partial charge in [-0.15, -0.1) is 0 Å². The summed E-state index contributed by atoms with van der Waals surface area (Å²) in [6.45, 7) is 2.08. The van der Waals surface area contributed by atoms with Crippen molar-refractivity contribution in [2.45, 2.75) is 6.92 Å². The summed E-state index contributed by atoms with van der Waals surface area (Å²) in [6, 6.07) is 8.38. The molecule has 0 fully saturated rings. The molecule has 1 rings (SSSR count). The molecule has 0 atom stereocenters. The van der Waals surface area contributed by atoms with Gasteiger partial charge in [0.25, 0.3) is 0 Å². The average Bonchev–Trinajstić information content (AvgIpc) is 1.95. The summed E-state index contributed by atoms with van der Waals surface area (Å²) < 4.78 is 0. The van der Waals surface area contributed by atoms with Crippen LogP contribution < -0.4 is 0 Å². The van der Waals surface area contributed by atoms with Crippen LogP contribution >= 0.6 is 15.9 Å². The van der Waals surface area contributed by atoms with Crippen molar-refractivity contribution >= 4 is 22.0 Å². The van der Waals surface area contributed by atoms with Crippen molar-refractivity contribution in [3.63, 3.8) is 0 Å². The van der Waals surface area contributed by atoms with Gasteiger partial charge in [-0.25, -0.2) is 0 Å². The number of benzene rings is 1. The molecule has 0 heterocycles. The lowest BCUT2D eigenvalue weighted by atomic mass is 10.2. The maximum atomic E-state index is 3.22. The highest BCUT2D eigenvalue weighted by Crippen LogP contribution is 2.05. The second-order valence-corrected chi connectivity index (χ2v) is 2.73. The van der Waals surface area contributed by atoms with E-state index in [0.717, 1.165) is 0 Å². The summed E-state index contributed by atoms with van der Waals surface area (Å²) in [4.78, 5) is 1.86. The minimum atomic E-state index is 1.22. The number of hydrogen-bond donors (Lipinski definition) is 0. The summed E-state index contributed by atoms with van der Waals surface area (Å²) in [5, 5.41) is 0. The van der Waals surface area contributed by atoms with Gasteiger partial charge < -0.3 is 0 Å². The summed E-state index contributed by atoms with van der Waals surface area (Å²) in [7, 11) is 0. The Bertz CT molecular complexity index is 221. The van der Waals surface area contributed by atoms with Gasteiger partial charge in [0.2, 0.25) is 0 Å². The lowest BCUT2D eigenvalue weighted by Gasteiger charge is -1.92. The number of aryl methyl sites for hydroxylation is 1. The lowest BCUT2D eigenvalue weighted by Crippen LogP contribution is -1.71. The monoisotopic (exact) mass is 193 g/mol. The normalized spacial score (nSPS) is 10.6. The van der Waals surface area contributed by atoms with E-state index < -0.39 is 0 Å². The first-order valence-corrected chi connectivity index (χ1v) is 4.08.